The van der Waals surface area contributed by atoms with E-state index in [2.05, 4.69) is 36.3 Å². The largest absolute Gasteiger partial charge is 0.345 e. The van der Waals surface area contributed by atoms with Gasteiger partial charge < -0.3 is 5.32 Å². The first kappa shape index (κ1) is 13.7. The molecule has 0 bridgehead atoms. The van der Waals surface area contributed by atoms with E-state index >= 15 is 0 Å². The first-order valence-corrected chi connectivity index (χ1v) is 6.65. The average Bonchev–Trinajstić information content (AvgIpc) is 2.87. The summed E-state index contributed by atoms with van der Waals surface area (Å²) in [6, 6.07) is 1.93. The Balaban J connectivity index is 1.95. The highest BCUT2D eigenvalue weighted by atomic mass is 79.9. The number of carbonyl (C=O) groups excluding carboxylic acids is 1. The zero-order valence-electron chi connectivity index (χ0n) is 10.7. The lowest BCUT2D eigenvalue weighted by atomic mass is 10.4. The van der Waals surface area contributed by atoms with Crippen molar-refractivity contribution in [2.24, 2.45) is 0 Å². The van der Waals surface area contributed by atoms with Crippen LogP contribution in [-0.4, -0.2) is 25.7 Å². The van der Waals surface area contributed by atoms with Crippen LogP contribution in [0.4, 0.5) is 0 Å². The van der Waals surface area contributed by atoms with Crippen LogP contribution in [0.5, 0.6) is 0 Å². The van der Waals surface area contributed by atoms with Gasteiger partial charge in [0.05, 0.1) is 24.6 Å². The van der Waals surface area contributed by atoms with Crippen molar-refractivity contribution in [3.05, 3.63) is 40.6 Å². The van der Waals surface area contributed by atoms with Gasteiger partial charge in [-0.1, -0.05) is 0 Å². The smallest absolute Gasteiger partial charge is 0.272 e. The second-order valence-electron chi connectivity index (χ2n) is 4.29. The van der Waals surface area contributed by atoms with Crippen molar-refractivity contribution in [3.63, 3.8) is 0 Å². The Bertz CT molecular complexity index is 564. The summed E-state index contributed by atoms with van der Waals surface area (Å²) in [5.74, 6) is -0.218. The second kappa shape index (κ2) is 5.92. The van der Waals surface area contributed by atoms with Crippen molar-refractivity contribution in [1.29, 1.82) is 0 Å². The topological polar surface area (TPSA) is 72.7 Å². The van der Waals surface area contributed by atoms with E-state index in [-0.39, 0.29) is 11.9 Å². The highest BCUT2D eigenvalue weighted by Gasteiger charge is 2.10. The highest BCUT2D eigenvalue weighted by Crippen LogP contribution is 2.05. The molecule has 2 aromatic rings. The van der Waals surface area contributed by atoms with Gasteiger partial charge in [-0.2, -0.15) is 5.10 Å². The third-order valence-corrected chi connectivity index (χ3v) is 2.88. The van der Waals surface area contributed by atoms with Crippen LogP contribution in [0.25, 0.3) is 0 Å². The van der Waals surface area contributed by atoms with Crippen molar-refractivity contribution < 1.29 is 4.79 Å². The maximum atomic E-state index is 11.9. The molecule has 2 rings (SSSR count). The maximum absolute atomic E-state index is 11.9. The number of aromatic nitrogens is 4. The molecule has 2 heterocycles. The molecule has 7 heteroatoms. The predicted molar refractivity (Wildman–Crippen MR) is 73.5 cm³/mol. The van der Waals surface area contributed by atoms with E-state index in [0.717, 1.165) is 0 Å². The summed E-state index contributed by atoms with van der Waals surface area (Å²) in [6.45, 7) is 4.34. The molecule has 2 aromatic heterocycles. The summed E-state index contributed by atoms with van der Waals surface area (Å²) in [6.07, 6.45) is 4.99. The van der Waals surface area contributed by atoms with Crippen molar-refractivity contribution >= 4 is 21.8 Å². The molecule has 0 saturated heterocycles. The summed E-state index contributed by atoms with van der Waals surface area (Å²) in [7, 11) is 0. The lowest BCUT2D eigenvalue weighted by Gasteiger charge is -2.04. The third kappa shape index (κ3) is 3.60. The van der Waals surface area contributed by atoms with Crippen molar-refractivity contribution in [2.75, 3.05) is 0 Å². The van der Waals surface area contributed by atoms with E-state index in [9.17, 15) is 4.79 Å². The minimum Gasteiger partial charge on any atom is -0.345 e. The van der Waals surface area contributed by atoms with Crippen LogP contribution in [-0.2, 0) is 6.54 Å². The van der Waals surface area contributed by atoms with Gasteiger partial charge in [0.1, 0.15) is 10.3 Å². The first-order valence-electron chi connectivity index (χ1n) is 5.86. The highest BCUT2D eigenvalue weighted by molar-refractivity contribution is 9.10. The fraction of sp³-hybridized carbons (Fsp3) is 0.333. The molecule has 1 amide bonds. The number of halogens is 1. The predicted octanol–water partition coefficient (Wildman–Crippen LogP) is 1.95. The molecule has 0 aliphatic carbocycles. The van der Waals surface area contributed by atoms with Crippen LogP contribution in [0.1, 0.15) is 36.1 Å². The van der Waals surface area contributed by atoms with Crippen LogP contribution < -0.4 is 5.32 Å². The molecule has 0 aromatic carbocycles. The molecule has 0 saturated carbocycles. The van der Waals surface area contributed by atoms with E-state index in [1.165, 1.54) is 0 Å². The Labute approximate surface area is 119 Å². The molecule has 0 unspecified atom stereocenters. The average molecular weight is 324 g/mol. The summed E-state index contributed by atoms with van der Waals surface area (Å²) in [5.41, 5.74) is 1.10. The quantitative estimate of drug-likeness (QED) is 0.933. The zero-order chi connectivity index (χ0) is 13.8. The normalized spacial score (nSPS) is 10.7. The van der Waals surface area contributed by atoms with Crippen LogP contribution in [0, 0.1) is 0 Å². The van der Waals surface area contributed by atoms with E-state index in [0.29, 0.717) is 22.5 Å². The molecule has 0 atom stereocenters. The number of hydrogen-bond donors (Lipinski definition) is 1. The van der Waals surface area contributed by atoms with Crippen molar-refractivity contribution in [2.45, 2.75) is 26.4 Å². The van der Waals surface area contributed by atoms with Crippen LogP contribution in [0.15, 0.2) is 29.3 Å². The van der Waals surface area contributed by atoms with Gasteiger partial charge in [-0.25, -0.2) is 4.98 Å². The van der Waals surface area contributed by atoms with E-state index in [1.54, 1.807) is 29.3 Å². The minimum atomic E-state index is -0.218. The number of nitrogens with zero attached hydrogens (tertiary/aromatic N) is 4. The standard InChI is InChI=1S/C12H14BrN5O/c1-8(2)18-4-3-10(17-18)12(19)16-6-9-5-15-11(13)7-14-9/h3-5,7-8H,6H2,1-2H3,(H,16,19). The lowest BCUT2D eigenvalue weighted by Crippen LogP contribution is -2.24. The first-order chi connectivity index (χ1) is 9.06. The van der Waals surface area contributed by atoms with E-state index in [1.807, 2.05) is 13.8 Å². The third-order valence-electron chi connectivity index (χ3n) is 2.47. The monoisotopic (exact) mass is 323 g/mol. The van der Waals surface area contributed by atoms with Crippen molar-refractivity contribution in [3.8, 4) is 0 Å². The van der Waals surface area contributed by atoms with Crippen LogP contribution in [0.2, 0.25) is 0 Å². The summed E-state index contributed by atoms with van der Waals surface area (Å²) < 4.78 is 2.41. The lowest BCUT2D eigenvalue weighted by molar-refractivity contribution is 0.0944. The molecule has 0 aliphatic heterocycles. The number of hydrogen-bond acceptors (Lipinski definition) is 4. The van der Waals surface area contributed by atoms with Gasteiger partial charge in [-0.05, 0) is 35.8 Å². The number of rotatable bonds is 4. The number of amides is 1. The zero-order valence-corrected chi connectivity index (χ0v) is 12.3. The Morgan fingerprint density at radius 2 is 2.21 bits per heavy atom. The van der Waals surface area contributed by atoms with Crippen LogP contribution in [0.3, 0.4) is 0 Å². The fourth-order valence-corrected chi connectivity index (χ4v) is 1.64. The van der Waals surface area contributed by atoms with Crippen LogP contribution >= 0.6 is 15.9 Å². The van der Waals surface area contributed by atoms with Gasteiger partial charge in [0, 0.05) is 12.2 Å². The van der Waals surface area contributed by atoms with Gasteiger partial charge in [0.15, 0.2) is 0 Å². The summed E-state index contributed by atoms with van der Waals surface area (Å²) >= 11 is 3.20. The number of carbonyl (C=O) groups is 1. The summed E-state index contributed by atoms with van der Waals surface area (Å²) in [4.78, 5) is 20.0. The van der Waals surface area contributed by atoms with E-state index in [4.69, 9.17) is 0 Å². The Hall–Kier alpha value is -1.76. The molecule has 0 aliphatic rings. The SMILES string of the molecule is CC(C)n1ccc(C(=O)NCc2cnc(Br)cn2)n1. The molecule has 19 heavy (non-hydrogen) atoms. The molecule has 0 radical (unpaired) electrons. The molecule has 0 fully saturated rings. The molecular formula is C12H14BrN5O. The Morgan fingerprint density at radius 1 is 1.42 bits per heavy atom. The number of nitrogens with one attached hydrogen (secondary N) is 1. The maximum Gasteiger partial charge on any atom is 0.272 e. The van der Waals surface area contributed by atoms with Gasteiger partial charge in [0.2, 0.25) is 0 Å². The van der Waals surface area contributed by atoms with Gasteiger partial charge in [-0.15, -0.1) is 0 Å². The van der Waals surface area contributed by atoms with E-state index < -0.39 is 0 Å². The fourth-order valence-electron chi connectivity index (χ4n) is 1.44. The van der Waals surface area contributed by atoms with Gasteiger partial charge in [-0.3, -0.25) is 14.5 Å². The molecule has 6 nitrogen and oxygen atoms in total. The second-order valence-corrected chi connectivity index (χ2v) is 5.10. The molecule has 1 N–H and O–H groups in total. The molecule has 100 valence electrons. The summed E-state index contributed by atoms with van der Waals surface area (Å²) in [5, 5.41) is 6.95. The molecule has 0 spiro atoms. The van der Waals surface area contributed by atoms with Crippen molar-refractivity contribution in [1.82, 2.24) is 25.1 Å². The minimum absolute atomic E-state index is 0.218. The Kier molecular flexibility index (Phi) is 4.26. The van der Waals surface area contributed by atoms with Gasteiger partial charge >= 0.3 is 0 Å². The van der Waals surface area contributed by atoms with Gasteiger partial charge in [0.25, 0.3) is 5.91 Å². The Morgan fingerprint density at radius 3 is 2.79 bits per heavy atom. The molecular weight excluding hydrogens is 310 g/mol.